The molecule has 0 spiro atoms. The van der Waals surface area contributed by atoms with Crippen molar-refractivity contribution >= 4 is 22.9 Å². The van der Waals surface area contributed by atoms with Crippen LogP contribution in [0.2, 0.25) is 0 Å². The molecule has 2 aromatic heterocycles. The molecule has 164 valence electrons. The number of ether oxygens (including phenoxy) is 1. The summed E-state index contributed by atoms with van der Waals surface area (Å²) >= 11 is 0. The Morgan fingerprint density at radius 2 is 2.10 bits per heavy atom. The number of nitrogens with one attached hydrogen (secondary N) is 1. The first-order valence-electron chi connectivity index (χ1n) is 11.2. The SMILES string of the molecule is CC(C)OCCCN1C(=O)c2cc3occc3n2C[C@]1(C)C(=O)NC1CCCCC1. The molecule has 7 nitrogen and oxygen atoms in total. The van der Waals surface area contributed by atoms with Crippen molar-refractivity contribution in [2.24, 2.45) is 0 Å². The van der Waals surface area contributed by atoms with Gasteiger partial charge in [0.2, 0.25) is 5.91 Å². The number of amides is 2. The summed E-state index contributed by atoms with van der Waals surface area (Å²) in [6, 6.07) is 3.84. The third-order valence-corrected chi connectivity index (χ3v) is 6.46. The molecule has 1 aliphatic heterocycles. The number of carbonyl (C=O) groups is 2. The number of furan rings is 1. The summed E-state index contributed by atoms with van der Waals surface area (Å²) in [5, 5.41) is 3.25. The van der Waals surface area contributed by atoms with Gasteiger partial charge < -0.3 is 23.9 Å². The Labute approximate surface area is 177 Å². The smallest absolute Gasteiger partial charge is 0.271 e. The van der Waals surface area contributed by atoms with E-state index < -0.39 is 5.54 Å². The van der Waals surface area contributed by atoms with E-state index in [0.29, 0.717) is 37.4 Å². The molecule has 7 heteroatoms. The van der Waals surface area contributed by atoms with Crippen LogP contribution in [0.5, 0.6) is 0 Å². The molecule has 2 aromatic rings. The molecule has 30 heavy (non-hydrogen) atoms. The van der Waals surface area contributed by atoms with Gasteiger partial charge in [-0.25, -0.2) is 0 Å². The standard InChI is InChI=1S/C23H33N3O4/c1-16(2)29-12-7-11-26-21(27)19-14-20-18(10-13-30-20)25(19)15-23(26,3)22(28)24-17-8-5-4-6-9-17/h10,13-14,16-17H,4-9,11-12,15H2,1-3H3,(H,24,28)/t23-/m1/s1. The van der Waals surface area contributed by atoms with Gasteiger partial charge in [0.1, 0.15) is 11.2 Å². The fourth-order valence-electron chi connectivity index (χ4n) is 4.75. The van der Waals surface area contributed by atoms with Crippen molar-refractivity contribution in [2.75, 3.05) is 13.2 Å². The molecule has 0 saturated heterocycles. The molecule has 4 rings (SSSR count). The first-order chi connectivity index (χ1) is 14.4. The number of nitrogens with zero attached hydrogens (tertiary/aromatic N) is 2. The third-order valence-electron chi connectivity index (χ3n) is 6.46. The van der Waals surface area contributed by atoms with Crippen LogP contribution in [0.1, 0.15) is 69.8 Å². The lowest BCUT2D eigenvalue weighted by atomic mass is 9.91. The summed E-state index contributed by atoms with van der Waals surface area (Å²) in [4.78, 5) is 28.7. The van der Waals surface area contributed by atoms with Crippen LogP contribution < -0.4 is 5.32 Å². The quantitative estimate of drug-likeness (QED) is 0.700. The predicted molar refractivity (Wildman–Crippen MR) is 114 cm³/mol. The minimum Gasteiger partial charge on any atom is -0.463 e. The molecule has 3 heterocycles. The Bertz CT molecular complexity index is 909. The molecule has 1 atom stereocenters. The highest BCUT2D eigenvalue weighted by Gasteiger charge is 2.48. The van der Waals surface area contributed by atoms with Crippen LogP contribution in [0.4, 0.5) is 0 Å². The summed E-state index contributed by atoms with van der Waals surface area (Å²) in [6.07, 6.45) is 8.01. The van der Waals surface area contributed by atoms with Crippen LogP contribution in [-0.4, -0.2) is 52.1 Å². The zero-order chi connectivity index (χ0) is 21.3. The first kappa shape index (κ1) is 21.0. The minimum atomic E-state index is -0.956. The highest BCUT2D eigenvalue weighted by Crippen LogP contribution is 2.33. The van der Waals surface area contributed by atoms with E-state index in [0.717, 1.165) is 31.2 Å². The van der Waals surface area contributed by atoms with Gasteiger partial charge in [-0.3, -0.25) is 9.59 Å². The van der Waals surface area contributed by atoms with Gasteiger partial charge in [0.15, 0.2) is 5.58 Å². The second-order valence-electron chi connectivity index (χ2n) is 9.10. The molecule has 1 saturated carbocycles. The summed E-state index contributed by atoms with van der Waals surface area (Å²) in [5.41, 5.74) is 1.16. The number of fused-ring (bicyclic) bond motifs is 3. The van der Waals surface area contributed by atoms with E-state index in [9.17, 15) is 9.59 Å². The Morgan fingerprint density at radius 1 is 1.33 bits per heavy atom. The van der Waals surface area contributed by atoms with E-state index in [1.165, 1.54) is 6.42 Å². The van der Waals surface area contributed by atoms with Gasteiger partial charge in [-0.2, -0.15) is 0 Å². The average molecular weight is 416 g/mol. The molecule has 0 bridgehead atoms. The summed E-state index contributed by atoms with van der Waals surface area (Å²) < 4.78 is 13.1. The van der Waals surface area contributed by atoms with E-state index in [-0.39, 0.29) is 24.0 Å². The van der Waals surface area contributed by atoms with E-state index in [2.05, 4.69) is 5.32 Å². The van der Waals surface area contributed by atoms with Crippen LogP contribution in [0.3, 0.4) is 0 Å². The van der Waals surface area contributed by atoms with Crippen LogP contribution in [0.25, 0.3) is 11.1 Å². The molecule has 2 amide bonds. The lowest BCUT2D eigenvalue weighted by Gasteiger charge is -2.44. The Morgan fingerprint density at radius 3 is 2.83 bits per heavy atom. The van der Waals surface area contributed by atoms with Gasteiger partial charge in [-0.15, -0.1) is 0 Å². The summed E-state index contributed by atoms with van der Waals surface area (Å²) in [5.74, 6) is -0.193. The van der Waals surface area contributed by atoms with E-state index in [1.54, 1.807) is 17.2 Å². The van der Waals surface area contributed by atoms with E-state index in [1.807, 2.05) is 31.4 Å². The second kappa shape index (κ2) is 8.46. The van der Waals surface area contributed by atoms with Gasteiger partial charge in [0.25, 0.3) is 5.91 Å². The zero-order valence-electron chi connectivity index (χ0n) is 18.3. The van der Waals surface area contributed by atoms with E-state index in [4.69, 9.17) is 9.15 Å². The fraction of sp³-hybridized carbons (Fsp3) is 0.652. The molecule has 2 aliphatic rings. The number of hydrogen-bond donors (Lipinski definition) is 1. The maximum Gasteiger partial charge on any atom is 0.271 e. The first-order valence-corrected chi connectivity index (χ1v) is 11.2. The lowest BCUT2D eigenvalue weighted by Crippen LogP contribution is -2.65. The zero-order valence-corrected chi connectivity index (χ0v) is 18.3. The van der Waals surface area contributed by atoms with Gasteiger partial charge in [0, 0.05) is 31.3 Å². The van der Waals surface area contributed by atoms with Gasteiger partial charge in [-0.05, 0) is 40.0 Å². The van der Waals surface area contributed by atoms with Crippen LogP contribution >= 0.6 is 0 Å². The van der Waals surface area contributed by atoms with Crippen LogP contribution in [0, 0.1) is 0 Å². The number of aromatic nitrogens is 1. The lowest BCUT2D eigenvalue weighted by molar-refractivity contribution is -0.134. The minimum absolute atomic E-state index is 0.0662. The van der Waals surface area contributed by atoms with E-state index >= 15 is 0 Å². The topological polar surface area (TPSA) is 76.7 Å². The molecular formula is C23H33N3O4. The third kappa shape index (κ3) is 3.87. The monoisotopic (exact) mass is 415 g/mol. The normalized spacial score (nSPS) is 22.7. The Hall–Kier alpha value is -2.28. The van der Waals surface area contributed by atoms with Crippen molar-refractivity contribution in [3.8, 4) is 0 Å². The number of carbonyl (C=O) groups excluding carboxylic acids is 2. The maximum absolute atomic E-state index is 13.5. The van der Waals surface area contributed by atoms with Crippen LogP contribution in [-0.2, 0) is 16.1 Å². The largest absolute Gasteiger partial charge is 0.463 e. The molecule has 1 N–H and O–H groups in total. The predicted octanol–water partition coefficient (Wildman–Crippen LogP) is 3.71. The average Bonchev–Trinajstić information content (AvgIpc) is 3.30. The molecule has 0 unspecified atom stereocenters. The number of hydrogen-bond acceptors (Lipinski definition) is 4. The molecule has 0 aromatic carbocycles. The van der Waals surface area contributed by atoms with Crippen molar-refractivity contribution in [3.63, 3.8) is 0 Å². The van der Waals surface area contributed by atoms with Crippen molar-refractivity contribution < 1.29 is 18.7 Å². The van der Waals surface area contributed by atoms with Crippen LogP contribution in [0.15, 0.2) is 22.8 Å². The molecule has 0 radical (unpaired) electrons. The highest BCUT2D eigenvalue weighted by molar-refractivity contribution is 6.02. The van der Waals surface area contributed by atoms with Gasteiger partial charge in [0.05, 0.1) is 24.4 Å². The maximum atomic E-state index is 13.5. The van der Waals surface area contributed by atoms with Crippen molar-refractivity contribution in [2.45, 2.75) is 83.5 Å². The second-order valence-corrected chi connectivity index (χ2v) is 9.10. The molecule has 1 aliphatic carbocycles. The summed E-state index contributed by atoms with van der Waals surface area (Å²) in [6.45, 7) is 7.34. The van der Waals surface area contributed by atoms with Crippen molar-refractivity contribution in [3.05, 3.63) is 24.1 Å². The highest BCUT2D eigenvalue weighted by atomic mass is 16.5. The van der Waals surface area contributed by atoms with Crippen molar-refractivity contribution in [1.82, 2.24) is 14.8 Å². The Balaban J connectivity index is 1.60. The Kier molecular flexibility index (Phi) is 5.91. The van der Waals surface area contributed by atoms with Crippen molar-refractivity contribution in [1.29, 1.82) is 0 Å². The molecule has 1 fully saturated rings. The molecular weight excluding hydrogens is 382 g/mol. The fourth-order valence-corrected chi connectivity index (χ4v) is 4.75. The number of rotatable bonds is 7. The van der Waals surface area contributed by atoms with Gasteiger partial charge in [-0.1, -0.05) is 19.3 Å². The van der Waals surface area contributed by atoms with Gasteiger partial charge >= 0.3 is 0 Å². The summed E-state index contributed by atoms with van der Waals surface area (Å²) in [7, 11) is 0.